The van der Waals surface area contributed by atoms with Crippen molar-refractivity contribution in [3.8, 4) is 28.1 Å². The molecule has 0 bridgehead atoms. The summed E-state index contributed by atoms with van der Waals surface area (Å²) in [6.07, 6.45) is 7.51. The molecule has 15 nitrogen and oxygen atoms in total. The first-order valence-corrected chi connectivity index (χ1v) is 21.9. The maximum atomic E-state index is 13.6. The van der Waals surface area contributed by atoms with Gasteiger partial charge in [-0.25, -0.2) is 22.6 Å². The molecule has 1 amide bonds. The average Bonchev–Trinajstić information content (AvgIpc) is 3.85. The molecule has 1 atom stereocenters. The molecule has 2 aromatic carbocycles. The summed E-state index contributed by atoms with van der Waals surface area (Å²) in [6.45, 7) is 14.3. The zero-order valence-corrected chi connectivity index (χ0v) is 35.8. The summed E-state index contributed by atoms with van der Waals surface area (Å²) in [5.41, 5.74) is 9.51. The number of carbonyl (C=O) groups excluding carboxylic acids is 1. The second-order valence-corrected chi connectivity index (χ2v) is 18.3. The fourth-order valence-electron chi connectivity index (χ4n) is 7.87. The fraction of sp³-hybridized carbons (Fsp3) is 0.476. The van der Waals surface area contributed by atoms with Gasteiger partial charge in [0.15, 0.2) is 0 Å². The van der Waals surface area contributed by atoms with Crippen LogP contribution < -0.4 is 15.2 Å². The molecule has 3 N–H and O–H groups in total. The molecule has 19 heteroatoms. The number of pyridine rings is 1. The second-order valence-electron chi connectivity index (χ2n) is 16.6. The molecule has 2 aliphatic rings. The molecule has 3 aromatic heterocycles. The third-order valence-corrected chi connectivity index (χ3v) is 12.1. The Bertz CT molecular complexity index is 2440. The minimum absolute atomic E-state index is 0.0532. The molecule has 0 unspecified atom stereocenters. The Kier molecular flexibility index (Phi) is 12.8. The standard InChI is InChI=1S/C42H53F3N10O5S/c1-27(28-7-10-31(43)11-8-28)59-35-23-29(9-12-34(35)50-61(57,58)40(44)45)37-36-38(51(5)49-37)33(25-47-39(36)46)30-24-48-55(26-30)32-13-17-52(18-14-32)15-6-16-53-19-21-54(22-20-53)41(56)60-42(2,3)4/h7-12,23-27,32,40,50H,6,13-22H2,1-5H3,(H2,46,47)/t27-/m0/s1. The van der Waals surface area contributed by atoms with Gasteiger partial charge in [0.05, 0.1) is 28.8 Å². The van der Waals surface area contributed by atoms with E-state index < -0.39 is 33.3 Å². The molecule has 2 fully saturated rings. The molecule has 2 saturated heterocycles. The lowest BCUT2D eigenvalue weighted by Gasteiger charge is -2.36. The van der Waals surface area contributed by atoms with Gasteiger partial charge in [-0.2, -0.15) is 19.0 Å². The number of benzene rings is 2. The number of amides is 1. The normalized spacial score (nSPS) is 16.6. The molecule has 0 saturated carbocycles. The van der Waals surface area contributed by atoms with Gasteiger partial charge < -0.3 is 25.0 Å². The number of nitrogens with zero attached hydrogens (tertiary/aromatic N) is 8. The van der Waals surface area contributed by atoms with Crippen LogP contribution in [0.15, 0.2) is 61.1 Å². The first-order valence-electron chi connectivity index (χ1n) is 20.4. The van der Waals surface area contributed by atoms with Gasteiger partial charge in [0.25, 0.3) is 10.0 Å². The van der Waals surface area contributed by atoms with E-state index in [0.29, 0.717) is 40.8 Å². The van der Waals surface area contributed by atoms with E-state index >= 15 is 0 Å². The minimum atomic E-state index is -5.04. The molecule has 0 spiro atoms. The van der Waals surface area contributed by atoms with Gasteiger partial charge in [0, 0.05) is 75.4 Å². The number of aromatic nitrogens is 5. The summed E-state index contributed by atoms with van der Waals surface area (Å²) in [5, 5.41) is 10.1. The molecular formula is C42H53F3N10O5S. The Morgan fingerprint density at radius 3 is 2.30 bits per heavy atom. The number of likely N-dealkylation sites (tertiary alicyclic amines) is 1. The summed E-state index contributed by atoms with van der Waals surface area (Å²) in [4.78, 5) is 23.7. The Morgan fingerprint density at radius 1 is 0.967 bits per heavy atom. The number of carbonyl (C=O) groups is 1. The number of sulfonamides is 1. The number of fused-ring (bicyclic) bond motifs is 1. The van der Waals surface area contributed by atoms with Crippen molar-refractivity contribution in [2.75, 3.05) is 62.8 Å². The maximum absolute atomic E-state index is 13.6. The lowest BCUT2D eigenvalue weighted by atomic mass is 10.0. The number of rotatable bonds is 13. The van der Waals surface area contributed by atoms with Gasteiger partial charge in [-0.15, -0.1) is 0 Å². The lowest BCUT2D eigenvalue weighted by molar-refractivity contribution is 0.0142. The van der Waals surface area contributed by atoms with Crippen LogP contribution in [0.1, 0.15) is 64.7 Å². The molecule has 5 aromatic rings. The largest absolute Gasteiger partial charge is 0.484 e. The molecule has 61 heavy (non-hydrogen) atoms. The third kappa shape index (κ3) is 10.2. The number of ether oxygens (including phenoxy) is 2. The number of nitrogens with one attached hydrogen (secondary N) is 1. The van der Waals surface area contributed by atoms with E-state index in [2.05, 4.69) is 14.8 Å². The highest BCUT2D eigenvalue weighted by atomic mass is 32.2. The van der Waals surface area contributed by atoms with Crippen LogP contribution in [0.25, 0.3) is 33.3 Å². The molecule has 328 valence electrons. The first kappa shape index (κ1) is 43.7. The summed E-state index contributed by atoms with van der Waals surface area (Å²) >= 11 is 0. The first-order chi connectivity index (χ1) is 29.0. The zero-order valence-electron chi connectivity index (χ0n) is 35.0. The van der Waals surface area contributed by atoms with E-state index in [1.54, 1.807) is 35.9 Å². The maximum Gasteiger partial charge on any atom is 0.410 e. The van der Waals surface area contributed by atoms with E-state index in [9.17, 15) is 26.4 Å². The van der Waals surface area contributed by atoms with Gasteiger partial charge in [-0.3, -0.25) is 19.0 Å². The Morgan fingerprint density at radius 2 is 1.64 bits per heavy atom. The Balaban J connectivity index is 1.03. The quantitative estimate of drug-likeness (QED) is 0.126. The van der Waals surface area contributed by atoms with Crippen molar-refractivity contribution in [3.63, 3.8) is 0 Å². The Labute approximate surface area is 353 Å². The topological polar surface area (TPSA) is 166 Å². The van der Waals surface area contributed by atoms with Gasteiger partial charge in [0.2, 0.25) is 0 Å². The average molecular weight is 867 g/mol. The number of piperazine rings is 1. The van der Waals surface area contributed by atoms with Gasteiger partial charge >= 0.3 is 11.9 Å². The smallest absolute Gasteiger partial charge is 0.410 e. The monoisotopic (exact) mass is 866 g/mol. The van der Waals surface area contributed by atoms with E-state index in [-0.39, 0.29) is 29.4 Å². The summed E-state index contributed by atoms with van der Waals surface area (Å²) in [6, 6.07) is 10.1. The van der Waals surface area contributed by atoms with Gasteiger partial charge in [-0.05, 0) is 89.9 Å². The van der Waals surface area contributed by atoms with Crippen LogP contribution in [0, 0.1) is 5.82 Å². The number of anilines is 2. The number of halogens is 3. The van der Waals surface area contributed by atoms with Crippen molar-refractivity contribution in [2.24, 2.45) is 7.05 Å². The predicted octanol–water partition coefficient (Wildman–Crippen LogP) is 6.90. The summed E-state index contributed by atoms with van der Waals surface area (Å²) < 4.78 is 82.2. The number of aryl methyl sites for hydroxylation is 1. The number of nitrogens with two attached hydrogens (primary N) is 1. The number of alkyl halides is 2. The van der Waals surface area contributed by atoms with E-state index in [1.165, 1.54) is 42.5 Å². The van der Waals surface area contributed by atoms with Crippen LogP contribution in [0.3, 0.4) is 0 Å². The second kappa shape index (κ2) is 17.9. The highest BCUT2D eigenvalue weighted by molar-refractivity contribution is 7.93. The number of piperidine rings is 1. The number of hydrogen-bond donors (Lipinski definition) is 2. The fourth-order valence-corrected chi connectivity index (χ4v) is 8.44. The molecule has 0 radical (unpaired) electrons. The van der Waals surface area contributed by atoms with Crippen LogP contribution in [0.4, 0.5) is 29.5 Å². The van der Waals surface area contributed by atoms with Crippen LogP contribution in [0.2, 0.25) is 0 Å². The highest BCUT2D eigenvalue weighted by Crippen LogP contribution is 2.40. The van der Waals surface area contributed by atoms with Crippen LogP contribution in [-0.4, -0.2) is 117 Å². The molecule has 5 heterocycles. The van der Waals surface area contributed by atoms with Crippen molar-refractivity contribution in [3.05, 3.63) is 72.4 Å². The van der Waals surface area contributed by atoms with E-state index in [1.807, 2.05) is 36.4 Å². The lowest BCUT2D eigenvalue weighted by Crippen LogP contribution is -2.50. The molecular weight excluding hydrogens is 814 g/mol. The van der Waals surface area contributed by atoms with Crippen LogP contribution in [0.5, 0.6) is 5.75 Å². The molecule has 2 aliphatic heterocycles. The van der Waals surface area contributed by atoms with Gasteiger partial charge in [-0.1, -0.05) is 18.2 Å². The number of hydrogen-bond acceptors (Lipinski definition) is 11. The highest BCUT2D eigenvalue weighted by Gasteiger charge is 2.29. The molecule has 0 aliphatic carbocycles. The zero-order chi connectivity index (χ0) is 43.6. The minimum Gasteiger partial charge on any atom is -0.484 e. The van der Waals surface area contributed by atoms with Crippen LogP contribution in [-0.2, 0) is 21.8 Å². The number of nitrogen functional groups attached to an aromatic ring is 1. The van der Waals surface area contributed by atoms with Crippen molar-refractivity contribution < 1.29 is 35.9 Å². The van der Waals surface area contributed by atoms with Crippen molar-refractivity contribution in [1.29, 1.82) is 0 Å². The van der Waals surface area contributed by atoms with Crippen LogP contribution >= 0.6 is 0 Å². The Hall–Kier alpha value is -5.40. The van der Waals surface area contributed by atoms with E-state index in [0.717, 1.165) is 69.7 Å². The summed E-state index contributed by atoms with van der Waals surface area (Å²) in [7, 11) is -3.27. The predicted molar refractivity (Wildman–Crippen MR) is 227 cm³/mol. The SMILES string of the molecule is C[C@H](Oc1cc(-c2nn(C)c3c(-c4cnn(C5CCN(CCCN6CCN(C(=O)OC(C)(C)C)CC6)CC5)c4)cnc(N)c23)ccc1NS(=O)(=O)C(F)F)c1ccc(F)cc1. The van der Waals surface area contributed by atoms with Gasteiger partial charge in [0.1, 0.15) is 34.8 Å². The third-order valence-electron chi connectivity index (χ3n) is 11.1. The van der Waals surface area contributed by atoms with Crippen molar-refractivity contribution >= 4 is 38.5 Å². The molecule has 7 rings (SSSR count). The van der Waals surface area contributed by atoms with Crippen molar-refractivity contribution in [2.45, 2.75) is 70.5 Å². The van der Waals surface area contributed by atoms with E-state index in [4.69, 9.17) is 25.4 Å². The van der Waals surface area contributed by atoms with Crippen molar-refractivity contribution in [1.82, 2.24) is 39.2 Å². The summed E-state index contributed by atoms with van der Waals surface area (Å²) in [5.74, 6) is -3.98.